The third-order valence-electron chi connectivity index (χ3n) is 2.43. The van der Waals surface area contributed by atoms with Gasteiger partial charge in [-0.15, -0.1) is 11.6 Å². The van der Waals surface area contributed by atoms with E-state index in [0.717, 1.165) is 0 Å². The van der Waals surface area contributed by atoms with Crippen LogP contribution in [0.3, 0.4) is 0 Å². The molecule has 1 aromatic carbocycles. The van der Waals surface area contributed by atoms with E-state index in [2.05, 4.69) is 10.0 Å². The minimum atomic E-state index is -3.56. The molecule has 118 valence electrons. The van der Waals surface area contributed by atoms with Crippen LogP contribution in [0.25, 0.3) is 0 Å². The minimum Gasteiger partial charge on any atom is -0.326 e. The fourth-order valence-corrected chi connectivity index (χ4v) is 3.18. The van der Waals surface area contributed by atoms with Crippen LogP contribution in [0, 0.1) is 0 Å². The number of nitrogens with one attached hydrogen (secondary N) is 2. The van der Waals surface area contributed by atoms with Gasteiger partial charge in [-0.1, -0.05) is 0 Å². The highest BCUT2D eigenvalue weighted by Crippen LogP contribution is 2.16. The number of halogens is 1. The van der Waals surface area contributed by atoms with Crippen LogP contribution in [-0.4, -0.2) is 25.7 Å². The summed E-state index contributed by atoms with van der Waals surface area (Å²) in [7, 11) is -3.56. The van der Waals surface area contributed by atoms with E-state index in [1.807, 2.05) is 0 Å². The Morgan fingerprint density at radius 2 is 1.76 bits per heavy atom. The first kappa shape index (κ1) is 17.9. The van der Waals surface area contributed by atoms with E-state index in [9.17, 15) is 13.2 Å². The molecule has 5 nitrogen and oxygen atoms in total. The van der Waals surface area contributed by atoms with Gasteiger partial charge in [-0.05, 0) is 51.5 Å². The monoisotopic (exact) mass is 332 g/mol. The molecule has 21 heavy (non-hydrogen) atoms. The van der Waals surface area contributed by atoms with Gasteiger partial charge in [-0.25, -0.2) is 13.1 Å². The molecule has 0 fully saturated rings. The van der Waals surface area contributed by atoms with Gasteiger partial charge >= 0.3 is 0 Å². The van der Waals surface area contributed by atoms with Crippen LogP contribution in [-0.2, 0) is 14.8 Å². The van der Waals surface area contributed by atoms with Crippen molar-refractivity contribution in [2.24, 2.45) is 0 Å². The zero-order chi connectivity index (χ0) is 16.1. The van der Waals surface area contributed by atoms with E-state index in [4.69, 9.17) is 11.6 Å². The highest BCUT2D eigenvalue weighted by atomic mass is 35.5. The molecule has 0 aliphatic heterocycles. The quantitative estimate of drug-likeness (QED) is 0.786. The van der Waals surface area contributed by atoms with Gasteiger partial charge in [0.15, 0.2) is 0 Å². The minimum absolute atomic E-state index is 0.140. The van der Waals surface area contributed by atoms with Gasteiger partial charge in [-0.2, -0.15) is 0 Å². The molecule has 2 N–H and O–H groups in total. The predicted molar refractivity (Wildman–Crippen MR) is 85.1 cm³/mol. The summed E-state index contributed by atoms with van der Waals surface area (Å²) in [4.78, 5) is 11.7. The molecule has 0 unspecified atom stereocenters. The van der Waals surface area contributed by atoms with Gasteiger partial charge < -0.3 is 5.32 Å². The second kappa shape index (κ2) is 7.24. The molecule has 1 rings (SSSR count). The van der Waals surface area contributed by atoms with Crippen molar-refractivity contribution in [1.29, 1.82) is 0 Å². The van der Waals surface area contributed by atoms with Crippen molar-refractivity contribution in [1.82, 2.24) is 4.72 Å². The summed E-state index contributed by atoms with van der Waals surface area (Å²) in [5, 5.41) is 2.69. The van der Waals surface area contributed by atoms with Crippen LogP contribution in [0.5, 0.6) is 0 Å². The molecule has 0 bridgehead atoms. The van der Waals surface area contributed by atoms with Crippen LogP contribution in [0.4, 0.5) is 5.69 Å². The summed E-state index contributed by atoms with van der Waals surface area (Å²) in [6.45, 7) is 5.32. The van der Waals surface area contributed by atoms with Crippen molar-refractivity contribution in [3.8, 4) is 0 Å². The van der Waals surface area contributed by atoms with Gasteiger partial charge in [0.2, 0.25) is 15.9 Å². The van der Waals surface area contributed by atoms with E-state index in [1.165, 1.54) is 12.1 Å². The molecule has 0 spiro atoms. The summed E-state index contributed by atoms with van der Waals surface area (Å²) in [6, 6.07) is 6.06. The molecule has 0 aliphatic carbocycles. The van der Waals surface area contributed by atoms with Gasteiger partial charge in [0.1, 0.15) is 0 Å². The molecule has 1 amide bonds. The molecule has 1 aromatic rings. The van der Waals surface area contributed by atoms with Gasteiger partial charge in [0.25, 0.3) is 0 Å². The Labute approximate surface area is 131 Å². The van der Waals surface area contributed by atoms with E-state index < -0.39 is 15.6 Å². The molecule has 0 heterocycles. The lowest BCUT2D eigenvalue weighted by Gasteiger charge is -2.20. The van der Waals surface area contributed by atoms with Crippen LogP contribution in [0.1, 0.15) is 33.6 Å². The van der Waals surface area contributed by atoms with Gasteiger partial charge in [0, 0.05) is 23.5 Å². The van der Waals surface area contributed by atoms with E-state index in [1.54, 1.807) is 32.9 Å². The Kier molecular flexibility index (Phi) is 6.19. The molecule has 0 saturated carbocycles. The fourth-order valence-electron chi connectivity index (χ4n) is 1.63. The Hall–Kier alpha value is -1.11. The second-order valence-corrected chi connectivity index (χ2v) is 7.78. The third-order valence-corrected chi connectivity index (χ3v) is 4.47. The highest BCUT2D eigenvalue weighted by Gasteiger charge is 2.21. The average molecular weight is 333 g/mol. The number of hydrogen-bond acceptors (Lipinski definition) is 3. The van der Waals surface area contributed by atoms with Crippen molar-refractivity contribution in [3.05, 3.63) is 24.3 Å². The number of sulfonamides is 1. The first-order valence-electron chi connectivity index (χ1n) is 6.64. The topological polar surface area (TPSA) is 75.3 Å². The molecular formula is C14H21ClN2O3S. The lowest BCUT2D eigenvalue weighted by Crippen LogP contribution is -2.40. The molecular weight excluding hydrogens is 312 g/mol. The van der Waals surface area contributed by atoms with Crippen molar-refractivity contribution >= 4 is 33.2 Å². The normalized spacial score (nSPS) is 12.2. The highest BCUT2D eigenvalue weighted by molar-refractivity contribution is 7.89. The second-order valence-electron chi connectivity index (χ2n) is 5.72. The first-order valence-corrected chi connectivity index (χ1v) is 8.66. The molecule has 0 aromatic heterocycles. The summed E-state index contributed by atoms with van der Waals surface area (Å²) in [5.41, 5.74) is 0.0112. The van der Waals surface area contributed by atoms with Crippen molar-refractivity contribution in [2.75, 3.05) is 11.2 Å². The van der Waals surface area contributed by atoms with Crippen molar-refractivity contribution in [3.63, 3.8) is 0 Å². The molecule has 0 radical (unpaired) electrons. The summed E-state index contributed by atoms with van der Waals surface area (Å²) < 4.78 is 26.8. The smallest absolute Gasteiger partial charge is 0.241 e. The van der Waals surface area contributed by atoms with Gasteiger partial charge in [-0.3, -0.25) is 4.79 Å². The van der Waals surface area contributed by atoms with Crippen LogP contribution in [0.2, 0.25) is 0 Å². The average Bonchev–Trinajstić information content (AvgIpc) is 2.34. The van der Waals surface area contributed by atoms with E-state index >= 15 is 0 Å². The lowest BCUT2D eigenvalue weighted by atomic mass is 10.1. The number of alkyl halides is 1. The molecule has 0 atom stereocenters. The third kappa shape index (κ3) is 6.46. The van der Waals surface area contributed by atoms with Crippen molar-refractivity contribution in [2.45, 2.75) is 44.0 Å². The maximum absolute atomic E-state index is 12.1. The number of rotatable bonds is 6. The van der Waals surface area contributed by atoms with Crippen molar-refractivity contribution < 1.29 is 13.2 Å². The van der Waals surface area contributed by atoms with Gasteiger partial charge in [0.05, 0.1) is 4.90 Å². The SMILES string of the molecule is CC(C)(C)NS(=O)(=O)c1ccc(NC(=O)CCCCl)cc1. The van der Waals surface area contributed by atoms with Crippen LogP contribution in [0.15, 0.2) is 29.2 Å². The summed E-state index contributed by atoms with van der Waals surface area (Å²) in [5.74, 6) is 0.294. The Balaban J connectivity index is 2.76. The fraction of sp³-hybridized carbons (Fsp3) is 0.500. The summed E-state index contributed by atoms with van der Waals surface area (Å²) >= 11 is 5.52. The Morgan fingerprint density at radius 1 is 1.19 bits per heavy atom. The zero-order valence-electron chi connectivity index (χ0n) is 12.4. The van der Waals surface area contributed by atoms with E-state index in [-0.39, 0.29) is 10.8 Å². The number of carbonyl (C=O) groups excluding carboxylic acids is 1. The Bertz CT molecular complexity index is 577. The molecule has 0 saturated heterocycles. The number of amides is 1. The zero-order valence-corrected chi connectivity index (χ0v) is 14.0. The van der Waals surface area contributed by atoms with E-state index in [0.29, 0.717) is 24.4 Å². The van der Waals surface area contributed by atoms with Crippen LogP contribution < -0.4 is 10.0 Å². The number of hydrogen-bond donors (Lipinski definition) is 2. The maximum Gasteiger partial charge on any atom is 0.241 e. The predicted octanol–water partition coefficient (Wildman–Crippen LogP) is 2.72. The standard InChI is InChI=1S/C14H21ClN2O3S/c1-14(2,3)17-21(19,20)12-8-6-11(7-9-12)16-13(18)5-4-10-15/h6-9,17H,4-5,10H2,1-3H3,(H,16,18). The number of carbonyl (C=O) groups is 1. The number of anilines is 1. The molecule has 7 heteroatoms. The summed E-state index contributed by atoms with van der Waals surface area (Å²) in [6.07, 6.45) is 0.949. The maximum atomic E-state index is 12.1. The first-order chi connectivity index (χ1) is 9.64. The number of benzene rings is 1. The molecule has 0 aliphatic rings. The lowest BCUT2D eigenvalue weighted by molar-refractivity contribution is -0.116. The van der Waals surface area contributed by atoms with Crippen LogP contribution >= 0.6 is 11.6 Å². The Morgan fingerprint density at radius 3 is 2.24 bits per heavy atom. The largest absolute Gasteiger partial charge is 0.326 e.